The number of Topliss-reactive ketones (excluding diaryl/α,β-unsaturated/α-hetero) is 4. The average Bonchev–Trinajstić information content (AvgIpc) is 2.93. The molecule has 1 amide bonds. The number of alkyl halides is 3. The van der Waals surface area contributed by atoms with Gasteiger partial charge >= 0.3 is 6.18 Å². The van der Waals surface area contributed by atoms with Gasteiger partial charge in [0.25, 0.3) is 0 Å². The van der Waals surface area contributed by atoms with E-state index in [-0.39, 0.29) is 16.7 Å². The number of carbonyl (C=O) groups is 5. The van der Waals surface area contributed by atoms with Crippen molar-refractivity contribution < 1.29 is 52.5 Å². The molecule has 2 saturated carbocycles. The van der Waals surface area contributed by atoms with Gasteiger partial charge in [-0.15, -0.1) is 0 Å². The molecule has 2 aromatic carbocycles. The highest BCUT2D eigenvalue weighted by Gasteiger charge is 2.72. The molecule has 0 heterocycles. The van der Waals surface area contributed by atoms with E-state index in [1.54, 1.807) is 6.92 Å². The van der Waals surface area contributed by atoms with Crippen molar-refractivity contribution in [1.82, 2.24) is 4.90 Å². The zero-order valence-electron chi connectivity index (χ0n) is 23.7. The summed E-state index contributed by atoms with van der Waals surface area (Å²) in [5.74, 6) is -14.4. The Morgan fingerprint density at radius 1 is 1.00 bits per heavy atom. The molecule has 5 N–H and O–H groups in total. The number of halogens is 3. The molecule has 44 heavy (non-hydrogen) atoms. The number of fused-ring (bicyclic) bond motifs is 3. The van der Waals surface area contributed by atoms with Gasteiger partial charge in [0.1, 0.15) is 5.75 Å². The summed E-state index contributed by atoms with van der Waals surface area (Å²) >= 11 is 0. The fourth-order valence-corrected chi connectivity index (χ4v) is 7.11. The number of aliphatic hydroxyl groups excluding tert-OH is 1. The minimum Gasteiger partial charge on any atom is -0.507 e. The van der Waals surface area contributed by atoms with Gasteiger partial charge in [0.15, 0.2) is 34.7 Å². The van der Waals surface area contributed by atoms with E-state index in [0.717, 1.165) is 12.1 Å². The lowest BCUT2D eigenvalue weighted by molar-refractivity contribution is -0.196. The lowest BCUT2D eigenvalue weighted by Crippen LogP contribution is -2.77. The summed E-state index contributed by atoms with van der Waals surface area (Å²) in [5.41, 5.74) is 1.79. The van der Waals surface area contributed by atoms with Crippen molar-refractivity contribution in [2.75, 3.05) is 14.1 Å². The lowest BCUT2D eigenvalue weighted by Gasteiger charge is -2.56. The topological polar surface area (TPSA) is 175 Å². The first kappa shape index (κ1) is 31.2. The van der Waals surface area contributed by atoms with Gasteiger partial charge in [0.2, 0.25) is 5.91 Å². The Morgan fingerprint density at radius 3 is 2.16 bits per heavy atom. The van der Waals surface area contributed by atoms with Gasteiger partial charge < -0.3 is 21.1 Å². The van der Waals surface area contributed by atoms with E-state index in [9.17, 15) is 52.5 Å². The second-order valence-electron chi connectivity index (χ2n) is 11.8. The normalized spacial score (nSPS) is 32.1. The van der Waals surface area contributed by atoms with Gasteiger partial charge in [-0.05, 0) is 43.3 Å². The number of aliphatic hydroxyl groups is 2. The van der Waals surface area contributed by atoms with E-state index >= 15 is 0 Å². The molecular weight excluding hydrogens is 585 g/mol. The zero-order chi connectivity index (χ0) is 32.6. The van der Waals surface area contributed by atoms with Crippen LogP contribution in [-0.4, -0.2) is 81.1 Å². The van der Waals surface area contributed by atoms with Crippen molar-refractivity contribution in [3.8, 4) is 5.75 Å². The number of nitrogens with zero attached hydrogens (tertiary/aromatic N) is 1. The minimum absolute atomic E-state index is 0.0869. The van der Waals surface area contributed by atoms with Gasteiger partial charge in [-0.1, -0.05) is 43.3 Å². The predicted octanol–water partition coefficient (Wildman–Crippen LogP) is 1.59. The Hall–Kier alpha value is -4.20. The number of amides is 1. The molecule has 0 bridgehead atoms. The number of phenolic OH excluding ortho intramolecular Hbond substituents is 1. The highest BCUT2D eigenvalue weighted by molar-refractivity contribution is 6.32. The number of aromatic hydroxyl groups is 1. The summed E-state index contributed by atoms with van der Waals surface area (Å²) in [6.45, 7) is 1.59. The predicted molar refractivity (Wildman–Crippen MR) is 148 cm³/mol. The van der Waals surface area contributed by atoms with Gasteiger partial charge in [-0.3, -0.25) is 28.9 Å². The van der Waals surface area contributed by atoms with E-state index < -0.39 is 93.9 Å². The fourth-order valence-electron chi connectivity index (χ4n) is 7.11. The van der Waals surface area contributed by atoms with Crippen molar-refractivity contribution in [2.24, 2.45) is 29.4 Å². The van der Waals surface area contributed by atoms with Crippen LogP contribution in [0.15, 0.2) is 36.4 Å². The standard InChI is InChI=1S/C31H29F3N2O8/c1-12-16-11-8-14(7-4-13-5-9-15(10-6-13)31(32,33)34)23(37)18(16)24(38)19-17(12)25(39)21-22(36(2)3)26(40)20(29(35)43)28(42)30(21,44)27(19)41/h4-12,17,19-22,25,37,39,44H,1-3H3,(H2,35,43)/b7-4+/t12-,17+,19?,20?,21+,22-,25-,30-/m0/s1. The Labute approximate surface area is 249 Å². The van der Waals surface area contributed by atoms with Crippen LogP contribution in [0.3, 0.4) is 0 Å². The number of primary amides is 1. The average molecular weight is 615 g/mol. The lowest BCUT2D eigenvalue weighted by atomic mass is 9.49. The summed E-state index contributed by atoms with van der Waals surface area (Å²) in [5, 5.41) is 34.5. The largest absolute Gasteiger partial charge is 0.507 e. The SMILES string of the molecule is C[C@H]1c2ccc(/C=C/c3ccc(C(F)(F)F)cc3)c(O)c2C(=O)C2C(=O)[C@]3(O)C(=O)C(C(N)=O)C(=O)[C@@H](N(C)C)[C@@H]3[C@@H](O)[C@@H]21. The van der Waals surface area contributed by atoms with Crippen molar-refractivity contribution in [1.29, 1.82) is 0 Å². The van der Waals surface area contributed by atoms with Gasteiger partial charge in [0.05, 0.1) is 35.1 Å². The maximum absolute atomic E-state index is 14.0. The summed E-state index contributed by atoms with van der Waals surface area (Å²) in [6, 6.07) is 5.71. The maximum atomic E-state index is 14.0. The number of rotatable bonds is 4. The number of hydrogen-bond donors (Lipinski definition) is 4. The monoisotopic (exact) mass is 614 g/mol. The van der Waals surface area contributed by atoms with E-state index in [1.807, 2.05) is 0 Å². The summed E-state index contributed by atoms with van der Waals surface area (Å²) in [4.78, 5) is 68.0. The Kier molecular flexibility index (Phi) is 7.43. The van der Waals surface area contributed by atoms with E-state index in [4.69, 9.17) is 5.73 Å². The van der Waals surface area contributed by atoms with Crippen molar-refractivity contribution in [3.63, 3.8) is 0 Å². The molecule has 2 aromatic rings. The highest BCUT2D eigenvalue weighted by Crippen LogP contribution is 2.54. The van der Waals surface area contributed by atoms with Crippen LogP contribution >= 0.6 is 0 Å². The van der Waals surface area contributed by atoms with Gasteiger partial charge in [0, 0.05) is 11.5 Å². The maximum Gasteiger partial charge on any atom is 0.416 e. The molecule has 0 spiro atoms. The number of hydrogen-bond acceptors (Lipinski definition) is 9. The van der Waals surface area contributed by atoms with E-state index in [0.29, 0.717) is 5.56 Å². The molecular formula is C31H29F3N2O8. The first-order chi connectivity index (χ1) is 20.4. The highest BCUT2D eigenvalue weighted by atomic mass is 19.4. The zero-order valence-corrected chi connectivity index (χ0v) is 23.7. The molecule has 5 rings (SSSR count). The first-order valence-corrected chi connectivity index (χ1v) is 13.7. The molecule has 0 radical (unpaired) electrons. The van der Waals surface area contributed by atoms with Crippen LogP contribution in [0.4, 0.5) is 13.2 Å². The third kappa shape index (κ3) is 4.41. The molecule has 232 valence electrons. The van der Waals surface area contributed by atoms with Crippen molar-refractivity contribution >= 4 is 41.2 Å². The second kappa shape index (κ2) is 10.5. The molecule has 13 heteroatoms. The number of phenols is 1. The smallest absolute Gasteiger partial charge is 0.416 e. The first-order valence-electron chi connectivity index (χ1n) is 13.7. The van der Waals surface area contributed by atoms with Crippen LogP contribution in [0.5, 0.6) is 5.75 Å². The van der Waals surface area contributed by atoms with Crippen molar-refractivity contribution in [3.05, 3.63) is 64.2 Å². The molecule has 2 fully saturated rings. The van der Waals surface area contributed by atoms with Gasteiger partial charge in [-0.25, -0.2) is 0 Å². The summed E-state index contributed by atoms with van der Waals surface area (Å²) in [7, 11) is 2.81. The van der Waals surface area contributed by atoms with Crippen LogP contribution < -0.4 is 5.73 Å². The number of benzene rings is 2. The molecule has 3 aliphatic rings. The van der Waals surface area contributed by atoms with Crippen LogP contribution in [0.2, 0.25) is 0 Å². The minimum atomic E-state index is -4.52. The Bertz CT molecular complexity index is 1630. The molecule has 2 unspecified atom stereocenters. The van der Waals surface area contributed by atoms with Crippen molar-refractivity contribution in [2.45, 2.75) is 36.8 Å². The quantitative estimate of drug-likeness (QED) is 0.294. The Balaban J connectivity index is 1.58. The number of ketones is 4. The number of nitrogens with two attached hydrogens (primary N) is 1. The van der Waals surface area contributed by atoms with Crippen LogP contribution in [0, 0.1) is 23.7 Å². The Morgan fingerprint density at radius 2 is 1.61 bits per heavy atom. The molecule has 0 aromatic heterocycles. The second-order valence-corrected chi connectivity index (χ2v) is 11.8. The molecule has 3 aliphatic carbocycles. The molecule has 10 nitrogen and oxygen atoms in total. The third-order valence-corrected chi connectivity index (χ3v) is 9.21. The molecule has 8 atom stereocenters. The van der Waals surface area contributed by atoms with E-state index in [1.165, 1.54) is 55.4 Å². The number of likely N-dealkylation sites (N-methyl/N-ethyl adjacent to an activating group) is 1. The molecule has 0 aliphatic heterocycles. The summed E-state index contributed by atoms with van der Waals surface area (Å²) < 4.78 is 38.7. The molecule has 0 saturated heterocycles. The van der Waals surface area contributed by atoms with Crippen LogP contribution in [0.25, 0.3) is 12.2 Å². The summed E-state index contributed by atoms with van der Waals surface area (Å²) in [6.07, 6.45) is -3.49. The van der Waals surface area contributed by atoms with Crippen LogP contribution in [-0.2, 0) is 25.4 Å². The van der Waals surface area contributed by atoms with Gasteiger partial charge in [-0.2, -0.15) is 13.2 Å². The van der Waals surface area contributed by atoms with Crippen LogP contribution in [0.1, 0.15) is 45.5 Å². The fraction of sp³-hybridized carbons (Fsp3) is 0.387. The number of carbonyl (C=O) groups excluding carboxylic acids is 5. The third-order valence-electron chi connectivity index (χ3n) is 9.21. The van der Waals surface area contributed by atoms with E-state index in [2.05, 4.69) is 0 Å².